The number of aliphatic hydroxyl groups excluding tert-OH is 1. The number of carbonyl (C=O) groups is 1. The average molecular weight is 250 g/mol. The number of halogens is 1. The van der Waals surface area contributed by atoms with Crippen molar-refractivity contribution in [2.45, 2.75) is 51.4 Å². The number of carbonyl (C=O) groups excluding carboxylic acids is 1. The number of amides is 1. The molecule has 0 aliphatic carbocycles. The minimum atomic E-state index is -0.518. The maximum Gasteiger partial charge on any atom is 0.410 e. The maximum atomic E-state index is 11.9. The highest BCUT2D eigenvalue weighted by Gasteiger charge is 2.33. The van der Waals surface area contributed by atoms with E-state index >= 15 is 0 Å². The van der Waals surface area contributed by atoms with Crippen LogP contribution in [0, 0.1) is 0 Å². The fraction of sp³-hybridized carbons (Fsp3) is 0.909. The molecule has 1 saturated heterocycles. The van der Waals surface area contributed by atoms with Gasteiger partial charge in [-0.2, -0.15) is 0 Å². The van der Waals surface area contributed by atoms with Crippen molar-refractivity contribution in [2.75, 3.05) is 12.4 Å². The number of β-amino-alcohol motifs (C(OH)–C–C–N with tert-alkyl or cyclic N) is 1. The van der Waals surface area contributed by atoms with E-state index in [4.69, 9.17) is 16.3 Å². The van der Waals surface area contributed by atoms with Gasteiger partial charge in [-0.25, -0.2) is 4.79 Å². The van der Waals surface area contributed by atoms with Gasteiger partial charge in [0.25, 0.3) is 0 Å². The molecular formula is C11H20ClNO3. The first-order chi connectivity index (χ1) is 7.33. The summed E-state index contributed by atoms with van der Waals surface area (Å²) >= 11 is 5.81. The molecule has 1 N–H and O–H groups in total. The van der Waals surface area contributed by atoms with Gasteiger partial charge in [0.15, 0.2) is 0 Å². The summed E-state index contributed by atoms with van der Waals surface area (Å²) in [6.45, 7) is 5.77. The van der Waals surface area contributed by atoms with Gasteiger partial charge in [0, 0.05) is 11.9 Å². The van der Waals surface area contributed by atoms with Gasteiger partial charge < -0.3 is 14.7 Å². The van der Waals surface area contributed by atoms with Crippen molar-refractivity contribution < 1.29 is 14.6 Å². The summed E-state index contributed by atoms with van der Waals surface area (Å²) in [4.78, 5) is 13.4. The van der Waals surface area contributed by atoms with E-state index in [1.54, 1.807) is 0 Å². The standard InChI is InChI=1S/C11H20ClNO3/c1-11(2,3)16-10(15)13-7-9(14)5-4-8(13)6-12/h8-9,14H,4-7H2,1-3H3. The van der Waals surface area contributed by atoms with Crippen molar-refractivity contribution >= 4 is 17.7 Å². The first kappa shape index (κ1) is 13.6. The molecule has 4 nitrogen and oxygen atoms in total. The van der Waals surface area contributed by atoms with Crippen LogP contribution in [0.2, 0.25) is 0 Å². The Morgan fingerprint density at radius 3 is 2.62 bits per heavy atom. The first-order valence-electron chi connectivity index (χ1n) is 5.57. The number of ether oxygens (including phenoxy) is 1. The van der Waals surface area contributed by atoms with Crippen LogP contribution in [-0.2, 0) is 4.74 Å². The zero-order chi connectivity index (χ0) is 12.3. The summed E-state index contributed by atoms with van der Waals surface area (Å²) in [7, 11) is 0. The fourth-order valence-electron chi connectivity index (χ4n) is 1.71. The smallest absolute Gasteiger partial charge is 0.410 e. The molecule has 1 amide bonds. The SMILES string of the molecule is CC(C)(C)OC(=O)N1CC(O)CCC1CCl. The van der Waals surface area contributed by atoms with Crippen molar-refractivity contribution in [3.8, 4) is 0 Å². The van der Waals surface area contributed by atoms with Gasteiger partial charge >= 0.3 is 6.09 Å². The molecule has 94 valence electrons. The van der Waals surface area contributed by atoms with Crippen molar-refractivity contribution in [1.82, 2.24) is 4.90 Å². The Hall–Kier alpha value is -0.480. The van der Waals surface area contributed by atoms with E-state index in [0.29, 0.717) is 18.8 Å². The molecule has 1 rings (SSSR count). The molecule has 5 heteroatoms. The summed E-state index contributed by atoms with van der Waals surface area (Å²) < 4.78 is 5.27. The van der Waals surface area contributed by atoms with E-state index in [9.17, 15) is 9.90 Å². The highest BCUT2D eigenvalue weighted by molar-refractivity contribution is 6.18. The van der Waals surface area contributed by atoms with E-state index in [1.807, 2.05) is 20.8 Å². The highest BCUT2D eigenvalue weighted by Crippen LogP contribution is 2.21. The van der Waals surface area contributed by atoms with Crippen molar-refractivity contribution in [2.24, 2.45) is 0 Å². The molecule has 1 fully saturated rings. The molecule has 2 atom stereocenters. The predicted octanol–water partition coefficient (Wildman–Crippen LogP) is 1.99. The molecule has 0 saturated carbocycles. The van der Waals surface area contributed by atoms with Gasteiger partial charge in [0.1, 0.15) is 5.60 Å². The Kier molecular flexibility index (Phi) is 4.44. The Morgan fingerprint density at radius 2 is 2.12 bits per heavy atom. The second-order valence-corrected chi connectivity index (χ2v) is 5.48. The average Bonchev–Trinajstić information content (AvgIpc) is 2.15. The topological polar surface area (TPSA) is 49.8 Å². The number of alkyl halides is 1. The molecule has 0 aromatic heterocycles. The van der Waals surface area contributed by atoms with Crippen LogP contribution < -0.4 is 0 Å². The molecule has 1 aliphatic rings. The van der Waals surface area contributed by atoms with Crippen LogP contribution >= 0.6 is 11.6 Å². The second kappa shape index (κ2) is 5.23. The van der Waals surface area contributed by atoms with Crippen LogP contribution in [0.1, 0.15) is 33.6 Å². The number of aliphatic hydroxyl groups is 1. The van der Waals surface area contributed by atoms with Crippen LogP contribution in [0.15, 0.2) is 0 Å². The lowest BCUT2D eigenvalue weighted by Crippen LogP contribution is -2.51. The molecule has 1 aliphatic heterocycles. The predicted molar refractivity (Wildman–Crippen MR) is 62.7 cm³/mol. The third-order valence-corrected chi connectivity index (χ3v) is 2.84. The van der Waals surface area contributed by atoms with Crippen LogP contribution in [0.4, 0.5) is 4.79 Å². The Labute approximate surface area is 102 Å². The second-order valence-electron chi connectivity index (χ2n) is 5.17. The van der Waals surface area contributed by atoms with E-state index in [1.165, 1.54) is 4.90 Å². The number of likely N-dealkylation sites (tertiary alicyclic amines) is 1. The normalized spacial score (nSPS) is 26.7. The summed E-state index contributed by atoms with van der Waals surface area (Å²) in [6, 6.07) is -0.0279. The zero-order valence-corrected chi connectivity index (χ0v) is 10.8. The number of piperidine rings is 1. The summed E-state index contributed by atoms with van der Waals surface area (Å²) in [5, 5.41) is 9.55. The third kappa shape index (κ3) is 3.83. The van der Waals surface area contributed by atoms with Crippen molar-refractivity contribution in [3.05, 3.63) is 0 Å². The van der Waals surface area contributed by atoms with Crippen LogP contribution in [0.25, 0.3) is 0 Å². The van der Waals surface area contributed by atoms with Crippen molar-refractivity contribution in [3.63, 3.8) is 0 Å². The van der Waals surface area contributed by atoms with Gasteiger partial charge in [0.05, 0.1) is 12.6 Å². The van der Waals surface area contributed by atoms with Crippen molar-refractivity contribution in [1.29, 1.82) is 0 Å². The Bertz CT molecular complexity index is 252. The van der Waals surface area contributed by atoms with Gasteiger partial charge in [0.2, 0.25) is 0 Å². The van der Waals surface area contributed by atoms with E-state index in [-0.39, 0.29) is 6.04 Å². The molecule has 0 radical (unpaired) electrons. The summed E-state index contributed by atoms with van der Waals surface area (Å²) in [6.07, 6.45) is 0.560. The molecule has 0 spiro atoms. The molecule has 16 heavy (non-hydrogen) atoms. The quantitative estimate of drug-likeness (QED) is 0.723. The van der Waals surface area contributed by atoms with Crippen LogP contribution in [0.3, 0.4) is 0 Å². The summed E-state index contributed by atoms with van der Waals surface area (Å²) in [5.74, 6) is 0.381. The monoisotopic (exact) mass is 249 g/mol. The largest absolute Gasteiger partial charge is 0.444 e. The fourth-order valence-corrected chi connectivity index (χ4v) is 2.03. The van der Waals surface area contributed by atoms with Gasteiger partial charge in [-0.3, -0.25) is 0 Å². The molecule has 2 unspecified atom stereocenters. The Balaban J connectivity index is 2.63. The minimum Gasteiger partial charge on any atom is -0.444 e. The van der Waals surface area contributed by atoms with Gasteiger partial charge in [-0.1, -0.05) is 0 Å². The lowest BCUT2D eigenvalue weighted by molar-refractivity contribution is -0.00936. The van der Waals surface area contributed by atoms with E-state index in [2.05, 4.69) is 0 Å². The van der Waals surface area contributed by atoms with E-state index in [0.717, 1.165) is 6.42 Å². The lowest BCUT2D eigenvalue weighted by atomic mass is 10.0. The van der Waals surface area contributed by atoms with Gasteiger partial charge in [-0.15, -0.1) is 11.6 Å². The maximum absolute atomic E-state index is 11.9. The number of nitrogens with zero attached hydrogens (tertiary/aromatic N) is 1. The molecule has 0 aromatic rings. The van der Waals surface area contributed by atoms with Gasteiger partial charge in [-0.05, 0) is 33.6 Å². The van der Waals surface area contributed by atoms with Crippen LogP contribution in [-0.4, -0.2) is 46.3 Å². The van der Waals surface area contributed by atoms with E-state index < -0.39 is 17.8 Å². The minimum absolute atomic E-state index is 0.0279. The zero-order valence-electron chi connectivity index (χ0n) is 10.1. The lowest BCUT2D eigenvalue weighted by Gasteiger charge is -2.37. The van der Waals surface area contributed by atoms with Crippen LogP contribution in [0.5, 0.6) is 0 Å². The number of hydrogen-bond acceptors (Lipinski definition) is 3. The molecule has 0 bridgehead atoms. The molecular weight excluding hydrogens is 230 g/mol. The Morgan fingerprint density at radius 1 is 1.50 bits per heavy atom. The first-order valence-corrected chi connectivity index (χ1v) is 6.10. The highest BCUT2D eigenvalue weighted by atomic mass is 35.5. The number of rotatable bonds is 1. The third-order valence-electron chi connectivity index (χ3n) is 2.49. The summed E-state index contributed by atoms with van der Waals surface area (Å²) in [5.41, 5.74) is -0.518. The molecule has 0 aromatic carbocycles. The number of hydrogen-bond donors (Lipinski definition) is 1. The molecule has 1 heterocycles.